The molecule has 2 heteroatoms. The SMILES string of the molecule is Br.CCCCCCCCCCCCCCCCCCC(CCC)N(C)C. The summed E-state index contributed by atoms with van der Waals surface area (Å²) in [6.45, 7) is 4.61. The summed E-state index contributed by atoms with van der Waals surface area (Å²) >= 11 is 0. The van der Waals surface area contributed by atoms with Crippen molar-refractivity contribution in [2.75, 3.05) is 14.1 Å². The van der Waals surface area contributed by atoms with E-state index in [1.807, 2.05) is 0 Å². The van der Waals surface area contributed by atoms with Gasteiger partial charge in [0.05, 0.1) is 0 Å². The van der Waals surface area contributed by atoms with Crippen molar-refractivity contribution in [1.82, 2.24) is 4.90 Å². The van der Waals surface area contributed by atoms with Crippen LogP contribution in [0.3, 0.4) is 0 Å². The van der Waals surface area contributed by atoms with Gasteiger partial charge in [0.1, 0.15) is 0 Å². The van der Waals surface area contributed by atoms with Crippen molar-refractivity contribution in [2.45, 2.75) is 142 Å². The molecule has 0 fully saturated rings. The van der Waals surface area contributed by atoms with Gasteiger partial charge in [0.25, 0.3) is 0 Å². The lowest BCUT2D eigenvalue weighted by Crippen LogP contribution is -2.27. The molecule has 0 aliphatic heterocycles. The Morgan fingerprint density at radius 2 is 0.808 bits per heavy atom. The Balaban J connectivity index is 0. The molecule has 0 heterocycles. The van der Waals surface area contributed by atoms with Crippen LogP contribution in [0.25, 0.3) is 0 Å². The number of halogens is 1. The summed E-state index contributed by atoms with van der Waals surface area (Å²) in [6.07, 6.45) is 27.5. The maximum Gasteiger partial charge on any atom is 0.00890 e. The first-order valence-corrected chi connectivity index (χ1v) is 11.9. The van der Waals surface area contributed by atoms with Crippen molar-refractivity contribution in [1.29, 1.82) is 0 Å². The minimum Gasteiger partial charge on any atom is -0.306 e. The number of nitrogens with zero attached hydrogens (tertiary/aromatic N) is 1. The largest absolute Gasteiger partial charge is 0.306 e. The fraction of sp³-hybridized carbons (Fsp3) is 1.00. The molecule has 0 aliphatic rings. The Bertz CT molecular complexity index is 242. The van der Waals surface area contributed by atoms with Crippen molar-refractivity contribution < 1.29 is 0 Å². The van der Waals surface area contributed by atoms with Gasteiger partial charge in [-0.3, -0.25) is 0 Å². The van der Waals surface area contributed by atoms with E-state index >= 15 is 0 Å². The molecule has 1 unspecified atom stereocenters. The third-order valence-corrected chi connectivity index (χ3v) is 5.74. The van der Waals surface area contributed by atoms with E-state index in [0.717, 1.165) is 6.04 Å². The Morgan fingerprint density at radius 3 is 1.12 bits per heavy atom. The van der Waals surface area contributed by atoms with Gasteiger partial charge in [-0.05, 0) is 26.9 Å². The maximum absolute atomic E-state index is 2.43. The van der Waals surface area contributed by atoms with E-state index < -0.39 is 0 Å². The standard InChI is InChI=1S/C24H51N.BrH/c1-5-7-8-9-10-11-12-13-14-15-16-17-18-19-20-21-23-24(22-6-2)25(3)4;/h24H,5-23H2,1-4H3;1H. The minimum absolute atomic E-state index is 0. The Kier molecular flexibility index (Phi) is 25.9. The lowest BCUT2D eigenvalue weighted by molar-refractivity contribution is 0.256. The lowest BCUT2D eigenvalue weighted by Gasteiger charge is -2.23. The summed E-state index contributed by atoms with van der Waals surface area (Å²) in [7, 11) is 4.49. The lowest BCUT2D eigenvalue weighted by atomic mass is 10.0. The second kappa shape index (κ2) is 23.5. The highest BCUT2D eigenvalue weighted by Gasteiger charge is 2.09. The van der Waals surface area contributed by atoms with Gasteiger partial charge in [-0.25, -0.2) is 0 Å². The Morgan fingerprint density at radius 1 is 0.462 bits per heavy atom. The van der Waals surface area contributed by atoms with Gasteiger partial charge < -0.3 is 4.90 Å². The molecule has 0 aromatic rings. The van der Waals surface area contributed by atoms with Crippen molar-refractivity contribution >= 4 is 17.0 Å². The fourth-order valence-corrected chi connectivity index (χ4v) is 3.92. The summed E-state index contributed by atoms with van der Waals surface area (Å²) in [5.41, 5.74) is 0. The molecule has 26 heavy (non-hydrogen) atoms. The van der Waals surface area contributed by atoms with Gasteiger partial charge in [0, 0.05) is 6.04 Å². The van der Waals surface area contributed by atoms with Crippen LogP contribution in [-0.2, 0) is 0 Å². The zero-order valence-electron chi connectivity index (χ0n) is 18.9. The average Bonchev–Trinajstić information content (AvgIpc) is 2.60. The van der Waals surface area contributed by atoms with Crippen LogP contribution in [0.2, 0.25) is 0 Å². The highest BCUT2D eigenvalue weighted by Crippen LogP contribution is 2.16. The molecule has 0 saturated carbocycles. The topological polar surface area (TPSA) is 3.24 Å². The molecule has 1 atom stereocenters. The van der Waals surface area contributed by atoms with E-state index in [4.69, 9.17) is 0 Å². The predicted octanol–water partition coefficient (Wildman–Crippen LogP) is 8.95. The second-order valence-electron chi connectivity index (χ2n) is 8.50. The molecule has 0 amide bonds. The number of hydrogen-bond donors (Lipinski definition) is 0. The van der Waals surface area contributed by atoms with Crippen LogP contribution in [0.15, 0.2) is 0 Å². The fourth-order valence-electron chi connectivity index (χ4n) is 3.92. The van der Waals surface area contributed by atoms with Crippen LogP contribution >= 0.6 is 17.0 Å². The van der Waals surface area contributed by atoms with Crippen molar-refractivity contribution in [3.63, 3.8) is 0 Å². The van der Waals surface area contributed by atoms with E-state index in [1.54, 1.807) is 0 Å². The van der Waals surface area contributed by atoms with E-state index in [1.165, 1.54) is 122 Å². The van der Waals surface area contributed by atoms with Crippen molar-refractivity contribution in [3.05, 3.63) is 0 Å². The van der Waals surface area contributed by atoms with Gasteiger partial charge in [0.15, 0.2) is 0 Å². The molecular weight excluding hydrogens is 382 g/mol. The molecule has 0 aromatic heterocycles. The Labute approximate surface area is 177 Å². The van der Waals surface area contributed by atoms with Crippen LogP contribution in [0.5, 0.6) is 0 Å². The summed E-state index contributed by atoms with van der Waals surface area (Å²) in [4.78, 5) is 2.43. The summed E-state index contributed by atoms with van der Waals surface area (Å²) in [5.74, 6) is 0. The first kappa shape index (κ1) is 28.6. The number of hydrogen-bond acceptors (Lipinski definition) is 1. The normalized spacial score (nSPS) is 12.3. The van der Waals surface area contributed by atoms with Crippen LogP contribution in [0, 0.1) is 0 Å². The van der Waals surface area contributed by atoms with E-state index in [9.17, 15) is 0 Å². The van der Waals surface area contributed by atoms with E-state index in [-0.39, 0.29) is 17.0 Å². The van der Waals surface area contributed by atoms with Crippen LogP contribution in [0.4, 0.5) is 0 Å². The van der Waals surface area contributed by atoms with Crippen molar-refractivity contribution in [3.8, 4) is 0 Å². The molecular formula is C24H52BrN. The highest BCUT2D eigenvalue weighted by atomic mass is 79.9. The monoisotopic (exact) mass is 433 g/mol. The highest BCUT2D eigenvalue weighted by molar-refractivity contribution is 8.93. The van der Waals surface area contributed by atoms with E-state index in [2.05, 4.69) is 32.8 Å². The molecule has 0 saturated heterocycles. The number of unbranched alkanes of at least 4 members (excludes halogenated alkanes) is 15. The number of rotatable bonds is 20. The van der Waals surface area contributed by atoms with E-state index in [0.29, 0.717) is 0 Å². The average molecular weight is 435 g/mol. The zero-order valence-corrected chi connectivity index (χ0v) is 20.6. The Hall–Kier alpha value is 0.440. The third-order valence-electron chi connectivity index (χ3n) is 5.74. The van der Waals surface area contributed by atoms with Gasteiger partial charge in [-0.1, -0.05) is 123 Å². The van der Waals surface area contributed by atoms with Gasteiger partial charge in [0.2, 0.25) is 0 Å². The molecule has 1 nitrogen and oxygen atoms in total. The minimum atomic E-state index is 0. The van der Waals surface area contributed by atoms with Crippen LogP contribution in [0.1, 0.15) is 136 Å². The summed E-state index contributed by atoms with van der Waals surface area (Å²) in [5, 5.41) is 0. The summed E-state index contributed by atoms with van der Waals surface area (Å²) in [6, 6.07) is 0.816. The first-order valence-electron chi connectivity index (χ1n) is 11.9. The molecule has 0 spiro atoms. The molecule has 0 bridgehead atoms. The van der Waals surface area contributed by atoms with Gasteiger partial charge in [-0.2, -0.15) is 0 Å². The zero-order chi connectivity index (χ0) is 18.6. The van der Waals surface area contributed by atoms with Crippen molar-refractivity contribution in [2.24, 2.45) is 0 Å². The molecule has 0 radical (unpaired) electrons. The molecule has 0 rings (SSSR count). The van der Waals surface area contributed by atoms with Crippen LogP contribution < -0.4 is 0 Å². The quantitative estimate of drug-likeness (QED) is 0.173. The van der Waals surface area contributed by atoms with Gasteiger partial charge >= 0.3 is 0 Å². The molecule has 160 valence electrons. The smallest absolute Gasteiger partial charge is 0.00890 e. The molecule has 0 aromatic carbocycles. The molecule has 0 aliphatic carbocycles. The maximum atomic E-state index is 2.43. The van der Waals surface area contributed by atoms with Gasteiger partial charge in [-0.15, -0.1) is 17.0 Å². The third kappa shape index (κ3) is 20.7. The predicted molar refractivity (Wildman–Crippen MR) is 127 cm³/mol. The molecule has 0 N–H and O–H groups in total. The summed E-state index contributed by atoms with van der Waals surface area (Å²) < 4.78 is 0. The second-order valence-corrected chi connectivity index (χ2v) is 8.50. The first-order chi connectivity index (χ1) is 12.2. The van der Waals surface area contributed by atoms with Crippen LogP contribution in [-0.4, -0.2) is 25.0 Å².